The summed E-state index contributed by atoms with van der Waals surface area (Å²) in [4.78, 5) is 25.9. The third-order valence-electron chi connectivity index (χ3n) is 4.75. The first-order valence-electron chi connectivity index (χ1n) is 9.14. The van der Waals surface area contributed by atoms with Crippen molar-refractivity contribution in [3.05, 3.63) is 70.8 Å². The van der Waals surface area contributed by atoms with Crippen LogP contribution in [-0.4, -0.2) is 23.8 Å². The fraction of sp³-hybridized carbons (Fsp3) is 0.0455. The van der Waals surface area contributed by atoms with Crippen molar-refractivity contribution >= 4 is 40.6 Å². The van der Waals surface area contributed by atoms with E-state index in [4.69, 9.17) is 19.3 Å². The molecule has 31 heavy (non-hydrogen) atoms. The maximum Gasteiger partial charge on any atom is 0.271 e. The van der Waals surface area contributed by atoms with Gasteiger partial charge in [-0.25, -0.2) is 0 Å². The van der Waals surface area contributed by atoms with Crippen LogP contribution in [0.1, 0.15) is 16.1 Å². The molecule has 0 unspecified atom stereocenters. The molecular formula is C22H13N2O6S-. The molecule has 2 aliphatic heterocycles. The lowest BCUT2D eigenvalue weighted by atomic mass is 10.1. The summed E-state index contributed by atoms with van der Waals surface area (Å²) in [7, 11) is 0. The normalized spacial score (nSPS) is 16.4. The molecular weight excluding hydrogens is 420 g/mol. The summed E-state index contributed by atoms with van der Waals surface area (Å²) in [5.41, 5.74) is 0.892. The second kappa shape index (κ2) is 7.37. The minimum Gasteiger partial charge on any atom is -0.545 e. The topological polar surface area (TPSA) is 116 Å². The van der Waals surface area contributed by atoms with E-state index >= 15 is 0 Å². The van der Waals surface area contributed by atoms with Crippen LogP contribution in [-0.2, 0) is 4.79 Å². The average molecular weight is 433 g/mol. The van der Waals surface area contributed by atoms with Gasteiger partial charge in [-0.05, 0) is 36.0 Å². The number of nitrogens with zero attached hydrogens (tertiary/aromatic N) is 1. The monoisotopic (exact) mass is 433 g/mol. The van der Waals surface area contributed by atoms with E-state index in [-0.39, 0.29) is 23.4 Å². The van der Waals surface area contributed by atoms with E-state index in [0.717, 1.165) is 11.8 Å². The van der Waals surface area contributed by atoms with Gasteiger partial charge in [-0.15, -0.1) is 0 Å². The first-order chi connectivity index (χ1) is 15.0. The number of hydrogen-bond acceptors (Lipinski definition) is 8. The molecule has 0 atom stereocenters. The summed E-state index contributed by atoms with van der Waals surface area (Å²) < 4.78 is 16.4. The van der Waals surface area contributed by atoms with Crippen LogP contribution in [0.15, 0.2) is 63.9 Å². The number of carbonyl (C=O) groups is 2. The standard InChI is InChI=1S/C22H14N2O6S/c23-22-24(12-5-7-17-18(9-12)29-11-28-17)20(25)19(31-22)10-13-6-8-16(30-13)14-3-1-2-4-15(14)21(26)27/h1-10,23H,11H2,(H,26,27)/p-1/b19-10+,23-22?. The van der Waals surface area contributed by atoms with E-state index in [1.807, 2.05) is 0 Å². The smallest absolute Gasteiger partial charge is 0.271 e. The van der Waals surface area contributed by atoms with Crippen molar-refractivity contribution < 1.29 is 28.6 Å². The van der Waals surface area contributed by atoms with Crippen LogP contribution in [0.4, 0.5) is 5.69 Å². The number of aromatic carboxylic acids is 1. The van der Waals surface area contributed by atoms with Crippen LogP contribution < -0.4 is 19.5 Å². The van der Waals surface area contributed by atoms with Gasteiger partial charge in [0.1, 0.15) is 11.5 Å². The lowest BCUT2D eigenvalue weighted by Gasteiger charge is -2.14. The van der Waals surface area contributed by atoms with E-state index in [1.165, 1.54) is 17.0 Å². The molecule has 1 fully saturated rings. The molecule has 0 saturated carbocycles. The number of carboxylic acid groups (broad SMARTS) is 1. The van der Waals surface area contributed by atoms with Crippen LogP contribution in [0.2, 0.25) is 0 Å². The molecule has 8 nitrogen and oxygen atoms in total. The summed E-state index contributed by atoms with van der Waals surface area (Å²) in [6, 6.07) is 14.6. The van der Waals surface area contributed by atoms with E-state index in [1.54, 1.807) is 48.5 Å². The molecule has 1 saturated heterocycles. The zero-order chi connectivity index (χ0) is 21.5. The molecule has 9 heteroatoms. The Balaban J connectivity index is 1.43. The Bertz CT molecular complexity index is 1280. The first kappa shape index (κ1) is 19.0. The number of furan rings is 1. The molecule has 2 aliphatic rings. The maximum atomic E-state index is 12.9. The van der Waals surface area contributed by atoms with E-state index in [2.05, 4.69) is 0 Å². The molecule has 3 aromatic rings. The quantitative estimate of drug-likeness (QED) is 0.629. The van der Waals surface area contributed by atoms with E-state index in [9.17, 15) is 14.7 Å². The van der Waals surface area contributed by atoms with Crippen molar-refractivity contribution in [1.29, 1.82) is 5.41 Å². The molecule has 0 bridgehead atoms. The van der Waals surface area contributed by atoms with E-state index < -0.39 is 5.97 Å². The molecule has 5 rings (SSSR count). The molecule has 0 aliphatic carbocycles. The van der Waals surface area contributed by atoms with Gasteiger partial charge in [-0.1, -0.05) is 24.3 Å². The van der Waals surface area contributed by atoms with Gasteiger partial charge < -0.3 is 23.8 Å². The van der Waals surface area contributed by atoms with Gasteiger partial charge in [0, 0.05) is 23.3 Å². The zero-order valence-electron chi connectivity index (χ0n) is 15.8. The predicted octanol–water partition coefficient (Wildman–Crippen LogP) is 3.09. The second-order valence-corrected chi connectivity index (χ2v) is 7.66. The number of hydrogen-bond donors (Lipinski definition) is 1. The third-order valence-corrected chi connectivity index (χ3v) is 5.64. The number of amidine groups is 1. The largest absolute Gasteiger partial charge is 0.545 e. The first-order valence-corrected chi connectivity index (χ1v) is 9.96. The summed E-state index contributed by atoms with van der Waals surface area (Å²) in [5.74, 6) is 0.125. The van der Waals surface area contributed by atoms with Gasteiger partial charge in [-0.3, -0.25) is 15.1 Å². The lowest BCUT2D eigenvalue weighted by molar-refractivity contribution is -0.254. The second-order valence-electron chi connectivity index (χ2n) is 6.63. The number of amides is 1. The number of carboxylic acids is 1. The van der Waals surface area contributed by atoms with Crippen molar-refractivity contribution in [2.75, 3.05) is 11.7 Å². The number of benzene rings is 2. The Morgan fingerprint density at radius 3 is 2.74 bits per heavy atom. The van der Waals surface area contributed by atoms with Gasteiger partial charge in [-0.2, -0.15) is 0 Å². The Hall–Kier alpha value is -3.98. The van der Waals surface area contributed by atoms with Crippen molar-refractivity contribution in [2.45, 2.75) is 0 Å². The van der Waals surface area contributed by atoms with Crippen molar-refractivity contribution in [2.24, 2.45) is 0 Å². The minimum absolute atomic E-state index is 0.0122. The van der Waals surface area contributed by atoms with Gasteiger partial charge in [0.25, 0.3) is 5.91 Å². The van der Waals surface area contributed by atoms with Gasteiger partial charge in [0.15, 0.2) is 16.7 Å². The molecule has 1 N–H and O–H groups in total. The minimum atomic E-state index is -1.30. The number of rotatable bonds is 4. The fourth-order valence-corrected chi connectivity index (χ4v) is 4.17. The maximum absolute atomic E-state index is 12.9. The van der Waals surface area contributed by atoms with Crippen molar-refractivity contribution in [3.63, 3.8) is 0 Å². The van der Waals surface area contributed by atoms with Crippen LogP contribution in [0.5, 0.6) is 11.5 Å². The molecule has 2 aromatic carbocycles. The highest BCUT2D eigenvalue weighted by molar-refractivity contribution is 8.19. The number of nitrogens with one attached hydrogen (secondary N) is 1. The number of ether oxygens (including phenoxy) is 2. The summed E-state index contributed by atoms with van der Waals surface area (Å²) in [6.45, 7) is 0.117. The highest BCUT2D eigenvalue weighted by atomic mass is 32.2. The highest BCUT2D eigenvalue weighted by Gasteiger charge is 2.34. The molecule has 0 radical (unpaired) electrons. The number of thioether (sulfide) groups is 1. The SMILES string of the molecule is N=C1S/C(=C/c2ccc(-c3ccccc3C(=O)[O-])o2)C(=O)N1c1ccc2c(c1)OCO2. The van der Waals surface area contributed by atoms with Crippen LogP contribution >= 0.6 is 11.8 Å². The lowest BCUT2D eigenvalue weighted by Crippen LogP contribution is -2.28. The van der Waals surface area contributed by atoms with Gasteiger partial charge >= 0.3 is 0 Å². The number of fused-ring (bicyclic) bond motifs is 1. The molecule has 1 aromatic heterocycles. The Kier molecular flexibility index (Phi) is 4.52. The van der Waals surface area contributed by atoms with Crippen molar-refractivity contribution in [3.8, 4) is 22.8 Å². The fourth-order valence-electron chi connectivity index (χ4n) is 3.33. The summed E-state index contributed by atoms with van der Waals surface area (Å²) in [6.07, 6.45) is 1.53. The third kappa shape index (κ3) is 3.34. The summed E-state index contributed by atoms with van der Waals surface area (Å²) in [5, 5.41) is 19.6. The van der Waals surface area contributed by atoms with E-state index in [0.29, 0.717) is 39.2 Å². The Labute approximate surface area is 180 Å². The predicted molar refractivity (Wildman–Crippen MR) is 112 cm³/mol. The van der Waals surface area contributed by atoms with Crippen LogP contribution in [0, 0.1) is 5.41 Å². The summed E-state index contributed by atoms with van der Waals surface area (Å²) >= 11 is 1.00. The van der Waals surface area contributed by atoms with Crippen LogP contribution in [0.25, 0.3) is 17.4 Å². The van der Waals surface area contributed by atoms with Crippen molar-refractivity contribution in [1.82, 2.24) is 0 Å². The van der Waals surface area contributed by atoms with Gasteiger partial charge in [0.2, 0.25) is 6.79 Å². The Morgan fingerprint density at radius 2 is 1.90 bits per heavy atom. The number of carbonyl (C=O) groups excluding carboxylic acids is 2. The highest BCUT2D eigenvalue weighted by Crippen LogP contribution is 2.40. The van der Waals surface area contributed by atoms with Gasteiger partial charge in [0.05, 0.1) is 16.6 Å². The zero-order valence-corrected chi connectivity index (χ0v) is 16.6. The average Bonchev–Trinajstić information content (AvgIpc) is 3.47. The Morgan fingerprint density at radius 1 is 1.10 bits per heavy atom. The van der Waals surface area contributed by atoms with Crippen LogP contribution in [0.3, 0.4) is 0 Å². The molecule has 0 spiro atoms. The molecule has 154 valence electrons. The molecule has 1 amide bonds. The number of anilines is 1. The molecule has 3 heterocycles.